The third-order valence-electron chi connectivity index (χ3n) is 2.84. The number of methoxy groups -OCH3 is 1. The van der Waals surface area contributed by atoms with Crippen molar-refractivity contribution in [2.24, 2.45) is 0 Å². The Morgan fingerprint density at radius 3 is 2.44 bits per heavy atom. The molecule has 106 valence electrons. The molecule has 0 aromatic heterocycles. The quantitative estimate of drug-likeness (QED) is 0.535. The molecule has 5 atom stereocenters. The molecule has 3 N–H and O–H groups in total. The normalized spacial score (nSPS) is 36.4. The van der Waals surface area contributed by atoms with Gasteiger partial charge in [0.15, 0.2) is 6.29 Å². The molecule has 0 bridgehead atoms. The highest BCUT2D eigenvalue weighted by molar-refractivity contribution is 5.69. The van der Waals surface area contributed by atoms with Crippen molar-refractivity contribution in [3.63, 3.8) is 0 Å². The second kappa shape index (κ2) is 7.01. The molecule has 0 aromatic carbocycles. The number of hydrogen-bond acceptors (Lipinski definition) is 7. The van der Waals surface area contributed by atoms with Gasteiger partial charge in [0.05, 0.1) is 12.7 Å². The van der Waals surface area contributed by atoms with E-state index in [1.165, 1.54) is 7.11 Å². The van der Waals surface area contributed by atoms with Crippen LogP contribution in [0.1, 0.15) is 19.8 Å². The Labute approximate surface area is 105 Å². The first-order chi connectivity index (χ1) is 8.51. The van der Waals surface area contributed by atoms with Crippen LogP contribution in [0, 0.1) is 0 Å². The molecule has 7 nitrogen and oxygen atoms in total. The van der Waals surface area contributed by atoms with E-state index in [-0.39, 0.29) is 19.4 Å². The zero-order valence-corrected chi connectivity index (χ0v) is 10.5. The summed E-state index contributed by atoms with van der Waals surface area (Å²) in [5.74, 6) is -0.400. The van der Waals surface area contributed by atoms with Gasteiger partial charge < -0.3 is 29.5 Å². The molecular weight excluding hydrogens is 244 g/mol. The fourth-order valence-electron chi connectivity index (χ4n) is 1.84. The van der Waals surface area contributed by atoms with Crippen molar-refractivity contribution in [1.29, 1.82) is 0 Å². The van der Waals surface area contributed by atoms with Gasteiger partial charge in [-0.3, -0.25) is 4.79 Å². The van der Waals surface area contributed by atoms with Crippen LogP contribution in [-0.4, -0.2) is 65.7 Å². The van der Waals surface area contributed by atoms with Gasteiger partial charge in [-0.05, 0) is 13.3 Å². The Morgan fingerprint density at radius 2 is 1.89 bits per heavy atom. The molecule has 1 rings (SSSR count). The first kappa shape index (κ1) is 15.3. The maximum Gasteiger partial charge on any atom is 0.305 e. The van der Waals surface area contributed by atoms with Crippen LogP contribution in [0.4, 0.5) is 0 Å². The van der Waals surface area contributed by atoms with E-state index in [2.05, 4.69) is 0 Å². The van der Waals surface area contributed by atoms with E-state index in [0.717, 1.165) is 0 Å². The van der Waals surface area contributed by atoms with Crippen LogP contribution in [0.15, 0.2) is 0 Å². The van der Waals surface area contributed by atoms with Crippen molar-refractivity contribution < 1.29 is 34.3 Å². The van der Waals surface area contributed by atoms with Gasteiger partial charge >= 0.3 is 5.97 Å². The predicted octanol–water partition coefficient (Wildman–Crippen LogP) is -1.22. The van der Waals surface area contributed by atoms with E-state index in [4.69, 9.17) is 14.2 Å². The largest absolute Gasteiger partial charge is 0.466 e. The van der Waals surface area contributed by atoms with E-state index in [1.54, 1.807) is 6.92 Å². The number of carbonyl (C=O) groups excluding carboxylic acids is 1. The average molecular weight is 264 g/mol. The lowest BCUT2D eigenvalue weighted by molar-refractivity contribution is -0.290. The molecule has 7 heteroatoms. The smallest absolute Gasteiger partial charge is 0.305 e. The molecule has 0 aromatic rings. The van der Waals surface area contributed by atoms with Crippen molar-refractivity contribution in [1.82, 2.24) is 0 Å². The standard InChI is InChI=1S/C11H20O7/c1-3-17-7(12)5-4-6-8(13)9(14)10(15)11(16-2)18-6/h6,8-11,13-15H,3-5H2,1-2H3. The van der Waals surface area contributed by atoms with Gasteiger partial charge in [-0.1, -0.05) is 0 Å². The van der Waals surface area contributed by atoms with Crippen LogP contribution in [-0.2, 0) is 19.0 Å². The molecule has 1 saturated heterocycles. The molecule has 0 radical (unpaired) electrons. The van der Waals surface area contributed by atoms with E-state index < -0.39 is 36.7 Å². The number of rotatable bonds is 5. The summed E-state index contributed by atoms with van der Waals surface area (Å²) in [6, 6.07) is 0. The second-order valence-corrected chi connectivity index (χ2v) is 4.09. The molecule has 0 amide bonds. The number of esters is 1. The highest BCUT2D eigenvalue weighted by Gasteiger charge is 2.43. The maximum absolute atomic E-state index is 11.2. The summed E-state index contributed by atoms with van der Waals surface area (Å²) in [5.41, 5.74) is 0. The Morgan fingerprint density at radius 1 is 1.22 bits per heavy atom. The van der Waals surface area contributed by atoms with Crippen LogP contribution in [0.25, 0.3) is 0 Å². The van der Waals surface area contributed by atoms with Gasteiger partial charge in [-0.25, -0.2) is 0 Å². The topological polar surface area (TPSA) is 105 Å². The van der Waals surface area contributed by atoms with Crippen molar-refractivity contribution in [3.8, 4) is 0 Å². The van der Waals surface area contributed by atoms with Gasteiger partial charge in [-0.15, -0.1) is 0 Å². The van der Waals surface area contributed by atoms with E-state index in [9.17, 15) is 20.1 Å². The monoisotopic (exact) mass is 264 g/mol. The lowest BCUT2D eigenvalue weighted by Gasteiger charge is -2.39. The highest BCUT2D eigenvalue weighted by atomic mass is 16.7. The number of aliphatic hydroxyl groups is 3. The minimum Gasteiger partial charge on any atom is -0.466 e. The van der Waals surface area contributed by atoms with Crippen molar-refractivity contribution in [2.75, 3.05) is 13.7 Å². The Hall–Kier alpha value is -0.730. The summed E-state index contributed by atoms with van der Waals surface area (Å²) in [4.78, 5) is 11.2. The zero-order chi connectivity index (χ0) is 13.7. The first-order valence-corrected chi connectivity index (χ1v) is 5.89. The number of aliphatic hydroxyl groups excluding tert-OH is 3. The fraction of sp³-hybridized carbons (Fsp3) is 0.909. The van der Waals surface area contributed by atoms with E-state index >= 15 is 0 Å². The van der Waals surface area contributed by atoms with Gasteiger partial charge in [0, 0.05) is 13.5 Å². The molecule has 1 aliphatic rings. The van der Waals surface area contributed by atoms with E-state index in [0.29, 0.717) is 0 Å². The van der Waals surface area contributed by atoms with Crippen molar-refractivity contribution in [2.45, 2.75) is 50.5 Å². The Balaban J connectivity index is 2.51. The lowest BCUT2D eigenvalue weighted by atomic mass is 9.96. The summed E-state index contributed by atoms with van der Waals surface area (Å²) in [5, 5.41) is 28.9. The predicted molar refractivity (Wildman–Crippen MR) is 59.6 cm³/mol. The maximum atomic E-state index is 11.2. The molecule has 5 unspecified atom stereocenters. The van der Waals surface area contributed by atoms with Gasteiger partial charge in [0.1, 0.15) is 18.3 Å². The average Bonchev–Trinajstić information content (AvgIpc) is 2.35. The summed E-state index contributed by atoms with van der Waals surface area (Å²) in [7, 11) is 1.32. The van der Waals surface area contributed by atoms with Crippen LogP contribution < -0.4 is 0 Å². The molecule has 0 aliphatic carbocycles. The number of ether oxygens (including phenoxy) is 3. The molecule has 18 heavy (non-hydrogen) atoms. The minimum atomic E-state index is -1.36. The second-order valence-electron chi connectivity index (χ2n) is 4.09. The third-order valence-corrected chi connectivity index (χ3v) is 2.84. The third kappa shape index (κ3) is 3.63. The lowest BCUT2D eigenvalue weighted by Crippen LogP contribution is -2.58. The van der Waals surface area contributed by atoms with Crippen LogP contribution in [0.3, 0.4) is 0 Å². The molecule has 1 aliphatic heterocycles. The number of hydrogen-bond donors (Lipinski definition) is 3. The van der Waals surface area contributed by atoms with Gasteiger partial charge in [-0.2, -0.15) is 0 Å². The van der Waals surface area contributed by atoms with Gasteiger partial charge in [0.2, 0.25) is 0 Å². The molecule has 1 fully saturated rings. The van der Waals surface area contributed by atoms with Crippen LogP contribution in [0.2, 0.25) is 0 Å². The number of carbonyl (C=O) groups is 1. The molecule has 0 spiro atoms. The summed E-state index contributed by atoms with van der Waals surface area (Å²) in [6.07, 6.45) is -5.49. The molecular formula is C11H20O7. The molecule has 1 heterocycles. The van der Waals surface area contributed by atoms with Crippen molar-refractivity contribution >= 4 is 5.97 Å². The first-order valence-electron chi connectivity index (χ1n) is 5.89. The van der Waals surface area contributed by atoms with Crippen molar-refractivity contribution in [3.05, 3.63) is 0 Å². The minimum absolute atomic E-state index is 0.0643. The van der Waals surface area contributed by atoms with Crippen LogP contribution >= 0.6 is 0 Å². The Kier molecular flexibility index (Phi) is 5.97. The Bertz CT molecular complexity index is 268. The summed E-state index contributed by atoms with van der Waals surface area (Å²) in [6.45, 7) is 1.99. The highest BCUT2D eigenvalue weighted by Crippen LogP contribution is 2.24. The SMILES string of the molecule is CCOC(=O)CCC1OC(OC)C(O)C(O)C1O. The van der Waals surface area contributed by atoms with Gasteiger partial charge in [0.25, 0.3) is 0 Å². The zero-order valence-electron chi connectivity index (χ0n) is 10.5. The van der Waals surface area contributed by atoms with Crippen LogP contribution in [0.5, 0.6) is 0 Å². The molecule has 0 saturated carbocycles. The van der Waals surface area contributed by atoms with E-state index in [1.807, 2.05) is 0 Å². The fourth-order valence-corrected chi connectivity index (χ4v) is 1.84. The summed E-state index contributed by atoms with van der Waals surface area (Å²) >= 11 is 0. The summed E-state index contributed by atoms with van der Waals surface area (Å²) < 4.78 is 14.9.